The van der Waals surface area contributed by atoms with Crippen molar-refractivity contribution in [1.29, 1.82) is 0 Å². The highest BCUT2D eigenvalue weighted by molar-refractivity contribution is 5.95. The second kappa shape index (κ2) is 7.15. The molecular weight excluding hydrogens is 336 g/mol. The van der Waals surface area contributed by atoms with E-state index in [0.29, 0.717) is 56.5 Å². The summed E-state index contributed by atoms with van der Waals surface area (Å²) in [7, 11) is 1.64. The van der Waals surface area contributed by atoms with E-state index in [-0.39, 0.29) is 23.8 Å². The van der Waals surface area contributed by atoms with Gasteiger partial charge in [0.1, 0.15) is 13.2 Å². The maximum Gasteiger partial charge on any atom is 0.254 e. The molecule has 3 saturated heterocycles. The summed E-state index contributed by atoms with van der Waals surface area (Å²) in [6.07, 6.45) is 1.78. The van der Waals surface area contributed by atoms with E-state index in [2.05, 4.69) is 0 Å². The molecule has 0 aromatic heterocycles. The lowest BCUT2D eigenvalue weighted by Gasteiger charge is -2.35. The summed E-state index contributed by atoms with van der Waals surface area (Å²) in [6, 6.07) is 5.36. The Labute approximate surface area is 152 Å². The third kappa shape index (κ3) is 3.11. The highest BCUT2D eigenvalue weighted by atomic mass is 16.6. The number of methoxy groups -OCH3 is 1. The molecule has 0 unspecified atom stereocenters. The van der Waals surface area contributed by atoms with Crippen LogP contribution in [-0.4, -0.2) is 74.2 Å². The molecule has 2 bridgehead atoms. The lowest BCUT2D eigenvalue weighted by atomic mass is 9.94. The topological polar surface area (TPSA) is 68.3 Å². The van der Waals surface area contributed by atoms with Gasteiger partial charge in [0, 0.05) is 38.3 Å². The van der Waals surface area contributed by atoms with Gasteiger partial charge >= 0.3 is 0 Å². The van der Waals surface area contributed by atoms with Gasteiger partial charge in [0.05, 0.1) is 12.5 Å². The molecule has 26 heavy (non-hydrogen) atoms. The van der Waals surface area contributed by atoms with E-state index >= 15 is 0 Å². The average molecular weight is 360 g/mol. The summed E-state index contributed by atoms with van der Waals surface area (Å²) in [6.45, 7) is 3.16. The third-order valence-electron chi connectivity index (χ3n) is 5.41. The molecule has 2 atom stereocenters. The van der Waals surface area contributed by atoms with Gasteiger partial charge in [-0.15, -0.1) is 0 Å². The number of hydrogen-bond acceptors (Lipinski definition) is 5. The molecule has 0 aliphatic carbocycles. The van der Waals surface area contributed by atoms with E-state index < -0.39 is 0 Å². The Hall–Kier alpha value is -2.28. The zero-order chi connectivity index (χ0) is 18.1. The molecule has 4 aliphatic rings. The van der Waals surface area contributed by atoms with Crippen molar-refractivity contribution in [3.05, 3.63) is 23.8 Å². The van der Waals surface area contributed by atoms with E-state index in [1.54, 1.807) is 25.3 Å². The molecule has 0 N–H and O–H groups in total. The van der Waals surface area contributed by atoms with Crippen molar-refractivity contribution in [1.82, 2.24) is 9.80 Å². The van der Waals surface area contributed by atoms with Crippen LogP contribution in [0.25, 0.3) is 0 Å². The first-order valence-corrected chi connectivity index (χ1v) is 9.15. The number of nitrogens with zero attached hydrogens (tertiary/aromatic N) is 2. The molecular formula is C19H24N2O5. The maximum absolute atomic E-state index is 13.1. The molecule has 1 aromatic rings. The Morgan fingerprint density at radius 1 is 1.19 bits per heavy atom. The van der Waals surface area contributed by atoms with Gasteiger partial charge in [-0.2, -0.15) is 0 Å². The Bertz CT molecular complexity index is 707. The van der Waals surface area contributed by atoms with Crippen LogP contribution in [-0.2, 0) is 9.53 Å². The number of rotatable bonds is 4. The van der Waals surface area contributed by atoms with Crippen LogP contribution in [0.1, 0.15) is 23.2 Å². The molecule has 7 heteroatoms. The monoisotopic (exact) mass is 360 g/mol. The zero-order valence-electron chi connectivity index (χ0n) is 15.0. The van der Waals surface area contributed by atoms with Gasteiger partial charge in [0.25, 0.3) is 5.91 Å². The molecule has 0 spiro atoms. The van der Waals surface area contributed by atoms with Crippen LogP contribution in [0.4, 0.5) is 0 Å². The van der Waals surface area contributed by atoms with Gasteiger partial charge in [-0.05, 0) is 31.0 Å². The molecule has 2 amide bonds. The first kappa shape index (κ1) is 17.1. The number of benzene rings is 1. The Balaban J connectivity index is 1.53. The summed E-state index contributed by atoms with van der Waals surface area (Å²) in [5.74, 6) is 1.25. The van der Waals surface area contributed by atoms with Gasteiger partial charge in [0.15, 0.2) is 11.5 Å². The quantitative estimate of drug-likeness (QED) is 0.806. The minimum absolute atomic E-state index is 0.0553. The van der Waals surface area contributed by atoms with Crippen LogP contribution >= 0.6 is 0 Å². The number of fused-ring (bicyclic) bond motifs is 5. The fourth-order valence-corrected chi connectivity index (χ4v) is 4.05. The third-order valence-corrected chi connectivity index (χ3v) is 5.41. The van der Waals surface area contributed by atoms with Crippen molar-refractivity contribution in [2.24, 2.45) is 5.92 Å². The van der Waals surface area contributed by atoms with E-state index in [0.717, 1.165) is 12.8 Å². The SMILES string of the molecule is COCCN1C(=O)[C@H]2CC[C@@H]1CN(C(=O)c1ccc3c(c1)OCCO3)C2. The average Bonchev–Trinajstić information content (AvgIpc) is 2.97. The van der Waals surface area contributed by atoms with Crippen molar-refractivity contribution in [2.45, 2.75) is 18.9 Å². The second-order valence-electron chi connectivity index (χ2n) is 7.02. The van der Waals surface area contributed by atoms with Crippen LogP contribution in [0, 0.1) is 5.92 Å². The van der Waals surface area contributed by atoms with Gasteiger partial charge in [-0.1, -0.05) is 0 Å². The number of piperidine rings is 1. The minimum Gasteiger partial charge on any atom is -0.486 e. The van der Waals surface area contributed by atoms with E-state index in [4.69, 9.17) is 14.2 Å². The largest absolute Gasteiger partial charge is 0.486 e. The van der Waals surface area contributed by atoms with Crippen LogP contribution in [0.2, 0.25) is 0 Å². The molecule has 7 nitrogen and oxygen atoms in total. The number of hydrogen-bond donors (Lipinski definition) is 0. The Kier molecular flexibility index (Phi) is 4.72. The second-order valence-corrected chi connectivity index (χ2v) is 7.02. The normalized spacial score (nSPS) is 24.6. The number of carbonyl (C=O) groups excluding carboxylic acids is 2. The number of ether oxygens (including phenoxy) is 3. The van der Waals surface area contributed by atoms with Gasteiger partial charge in [0.2, 0.25) is 5.91 Å². The fourth-order valence-electron chi connectivity index (χ4n) is 4.05. The lowest BCUT2D eigenvalue weighted by Crippen LogP contribution is -2.49. The first-order chi connectivity index (χ1) is 12.7. The first-order valence-electron chi connectivity index (χ1n) is 9.15. The molecule has 3 fully saturated rings. The van der Waals surface area contributed by atoms with Gasteiger partial charge in [-0.25, -0.2) is 0 Å². The predicted octanol–water partition coefficient (Wildman–Crippen LogP) is 1.17. The molecule has 140 valence electrons. The highest BCUT2D eigenvalue weighted by Crippen LogP contribution is 2.33. The lowest BCUT2D eigenvalue weighted by molar-refractivity contribution is -0.140. The summed E-state index contributed by atoms with van der Waals surface area (Å²) in [4.78, 5) is 29.5. The summed E-state index contributed by atoms with van der Waals surface area (Å²) >= 11 is 0. The van der Waals surface area contributed by atoms with Crippen LogP contribution in [0.3, 0.4) is 0 Å². The standard InChI is InChI=1S/C19H24N2O5/c1-24-7-6-21-15-4-2-14(19(21)23)11-20(12-15)18(22)13-3-5-16-17(10-13)26-9-8-25-16/h3,5,10,14-15H,2,4,6-9,11-12H2,1H3/t14-,15+/m0/s1. The van der Waals surface area contributed by atoms with Crippen molar-refractivity contribution in [3.8, 4) is 11.5 Å². The van der Waals surface area contributed by atoms with Crippen molar-refractivity contribution in [3.63, 3.8) is 0 Å². The van der Waals surface area contributed by atoms with Gasteiger partial charge < -0.3 is 24.0 Å². The zero-order valence-corrected chi connectivity index (χ0v) is 15.0. The molecule has 4 aliphatic heterocycles. The summed E-state index contributed by atoms with van der Waals surface area (Å²) in [5, 5.41) is 0. The minimum atomic E-state index is -0.119. The highest BCUT2D eigenvalue weighted by Gasteiger charge is 2.41. The number of amides is 2. The van der Waals surface area contributed by atoms with Crippen LogP contribution < -0.4 is 9.47 Å². The van der Waals surface area contributed by atoms with E-state index in [1.165, 1.54) is 0 Å². The molecule has 0 radical (unpaired) electrons. The van der Waals surface area contributed by atoms with Crippen molar-refractivity contribution >= 4 is 11.8 Å². The molecule has 4 heterocycles. The number of carbonyl (C=O) groups is 2. The molecule has 1 aromatic carbocycles. The van der Waals surface area contributed by atoms with E-state index in [9.17, 15) is 9.59 Å². The summed E-state index contributed by atoms with van der Waals surface area (Å²) in [5.41, 5.74) is 0.575. The Morgan fingerprint density at radius 3 is 2.81 bits per heavy atom. The van der Waals surface area contributed by atoms with Crippen molar-refractivity contribution in [2.75, 3.05) is 46.6 Å². The fraction of sp³-hybridized carbons (Fsp3) is 0.579. The maximum atomic E-state index is 13.1. The van der Waals surface area contributed by atoms with Gasteiger partial charge in [-0.3, -0.25) is 9.59 Å². The molecule has 0 saturated carbocycles. The summed E-state index contributed by atoms with van der Waals surface area (Å²) < 4.78 is 16.2. The molecule has 5 rings (SSSR count). The van der Waals surface area contributed by atoms with Crippen molar-refractivity contribution < 1.29 is 23.8 Å². The smallest absolute Gasteiger partial charge is 0.254 e. The van der Waals surface area contributed by atoms with Crippen LogP contribution in [0.5, 0.6) is 11.5 Å². The van der Waals surface area contributed by atoms with E-state index in [1.807, 2.05) is 9.80 Å². The predicted molar refractivity (Wildman–Crippen MR) is 93.4 cm³/mol. The Morgan fingerprint density at radius 2 is 2.00 bits per heavy atom. The van der Waals surface area contributed by atoms with Crippen LogP contribution in [0.15, 0.2) is 18.2 Å².